The molecule has 4 atom stereocenters. The van der Waals surface area contributed by atoms with Gasteiger partial charge in [0.05, 0.1) is 17.9 Å². The van der Waals surface area contributed by atoms with Crippen LogP contribution in [0.15, 0.2) is 54.7 Å². The summed E-state index contributed by atoms with van der Waals surface area (Å²) in [5.41, 5.74) is 2.50. The van der Waals surface area contributed by atoms with E-state index in [9.17, 15) is 14.4 Å². The fraction of sp³-hybridized carbons (Fsp3) is 0.292. The van der Waals surface area contributed by atoms with Crippen LogP contribution in [0.4, 0.5) is 0 Å². The molecule has 0 N–H and O–H groups in total. The Morgan fingerprint density at radius 3 is 2.43 bits per heavy atom. The maximum Gasteiger partial charge on any atom is 0.235 e. The Kier molecular flexibility index (Phi) is 4.51. The molecule has 3 aliphatic heterocycles. The number of hydrogen-bond acceptors (Lipinski definition) is 4. The zero-order valence-corrected chi connectivity index (χ0v) is 17.3. The van der Waals surface area contributed by atoms with Gasteiger partial charge in [-0.3, -0.25) is 19.3 Å². The minimum absolute atomic E-state index is 0.160. The van der Waals surface area contributed by atoms with Gasteiger partial charge in [0.2, 0.25) is 11.8 Å². The second kappa shape index (κ2) is 7.10. The lowest BCUT2D eigenvalue weighted by Gasteiger charge is -2.35. The second-order valence-electron chi connectivity index (χ2n) is 8.03. The van der Waals surface area contributed by atoms with Gasteiger partial charge in [-0.25, -0.2) is 0 Å². The summed E-state index contributed by atoms with van der Waals surface area (Å²) < 4.78 is 0. The van der Waals surface area contributed by atoms with Crippen LogP contribution in [0.1, 0.15) is 40.9 Å². The summed E-state index contributed by atoms with van der Waals surface area (Å²) in [4.78, 5) is 43.5. The Hall–Kier alpha value is -2.92. The smallest absolute Gasteiger partial charge is 0.235 e. The monoisotopic (exact) mass is 420 g/mol. The summed E-state index contributed by atoms with van der Waals surface area (Å²) in [6.45, 7) is 2.33. The molecule has 0 bridgehead atoms. The third-order valence-electron chi connectivity index (χ3n) is 6.40. The maximum atomic E-state index is 13.6. The zero-order chi connectivity index (χ0) is 21.0. The predicted molar refractivity (Wildman–Crippen MR) is 114 cm³/mol. The topological polar surface area (TPSA) is 57.7 Å². The Bertz CT molecular complexity index is 1080. The molecule has 0 spiro atoms. The molecule has 5 rings (SSSR count). The van der Waals surface area contributed by atoms with E-state index < -0.39 is 17.9 Å². The van der Waals surface area contributed by atoms with Crippen molar-refractivity contribution in [2.45, 2.75) is 25.4 Å². The quantitative estimate of drug-likeness (QED) is 0.555. The molecule has 2 aromatic rings. The predicted octanol–water partition coefficient (Wildman–Crippen LogP) is 3.94. The van der Waals surface area contributed by atoms with E-state index in [1.807, 2.05) is 48.4 Å². The van der Waals surface area contributed by atoms with E-state index in [1.165, 1.54) is 4.90 Å². The number of nitrogens with zero attached hydrogens (tertiary/aromatic N) is 2. The van der Waals surface area contributed by atoms with Crippen molar-refractivity contribution in [3.63, 3.8) is 0 Å². The average molecular weight is 421 g/mol. The first-order valence-corrected chi connectivity index (χ1v) is 10.6. The van der Waals surface area contributed by atoms with Crippen LogP contribution >= 0.6 is 11.6 Å². The lowest BCUT2D eigenvalue weighted by atomic mass is 9.83. The maximum absolute atomic E-state index is 13.6. The fourth-order valence-electron chi connectivity index (χ4n) is 5.15. The van der Waals surface area contributed by atoms with E-state index in [0.717, 1.165) is 11.1 Å². The molecule has 2 aromatic carbocycles. The highest BCUT2D eigenvalue weighted by Gasteiger charge is 2.64. The van der Waals surface area contributed by atoms with Crippen molar-refractivity contribution in [3.05, 3.63) is 76.4 Å². The highest BCUT2D eigenvalue weighted by molar-refractivity contribution is 6.30. The van der Waals surface area contributed by atoms with Crippen molar-refractivity contribution < 1.29 is 14.4 Å². The first-order chi connectivity index (χ1) is 14.5. The van der Waals surface area contributed by atoms with Crippen LogP contribution in [0.2, 0.25) is 5.02 Å². The second-order valence-corrected chi connectivity index (χ2v) is 8.47. The van der Waals surface area contributed by atoms with E-state index >= 15 is 0 Å². The van der Waals surface area contributed by atoms with Crippen molar-refractivity contribution in [3.8, 4) is 0 Å². The van der Waals surface area contributed by atoms with Gasteiger partial charge in [0.25, 0.3) is 0 Å². The lowest BCUT2D eigenvalue weighted by molar-refractivity contribution is -0.141. The van der Waals surface area contributed by atoms with Crippen molar-refractivity contribution in [1.29, 1.82) is 0 Å². The van der Waals surface area contributed by atoms with Crippen LogP contribution in [0.5, 0.6) is 0 Å². The number of rotatable bonds is 4. The molecule has 152 valence electrons. The molecule has 6 heteroatoms. The number of carbonyl (C=O) groups is 3. The van der Waals surface area contributed by atoms with Crippen LogP contribution in [0, 0.1) is 11.8 Å². The van der Waals surface area contributed by atoms with Crippen LogP contribution in [-0.4, -0.2) is 40.0 Å². The van der Waals surface area contributed by atoms with Crippen molar-refractivity contribution in [1.82, 2.24) is 9.80 Å². The number of Topliss-reactive ketones (excluding diaryl/α,β-unsaturated/α-hetero) is 1. The highest BCUT2D eigenvalue weighted by Crippen LogP contribution is 2.53. The molecule has 0 aromatic heterocycles. The van der Waals surface area contributed by atoms with Crippen molar-refractivity contribution >= 4 is 35.3 Å². The van der Waals surface area contributed by atoms with Gasteiger partial charge in [-0.2, -0.15) is 0 Å². The number of ketones is 1. The van der Waals surface area contributed by atoms with Gasteiger partial charge in [-0.05, 0) is 47.9 Å². The summed E-state index contributed by atoms with van der Waals surface area (Å²) in [6, 6.07) is 13.5. The van der Waals surface area contributed by atoms with Gasteiger partial charge in [0.1, 0.15) is 6.04 Å². The van der Waals surface area contributed by atoms with Gasteiger partial charge >= 0.3 is 0 Å². The van der Waals surface area contributed by atoms with Gasteiger partial charge in [0.15, 0.2) is 5.78 Å². The molecule has 2 saturated heterocycles. The molecule has 5 nitrogen and oxygen atoms in total. The molecule has 0 radical (unpaired) electrons. The third-order valence-corrected chi connectivity index (χ3v) is 6.65. The molecule has 2 amide bonds. The number of imide groups is 1. The van der Waals surface area contributed by atoms with Crippen molar-refractivity contribution in [2.24, 2.45) is 11.8 Å². The molecular formula is C24H21ClN2O3. The highest BCUT2D eigenvalue weighted by atomic mass is 35.5. The van der Waals surface area contributed by atoms with Crippen LogP contribution < -0.4 is 0 Å². The first-order valence-electron chi connectivity index (χ1n) is 10.2. The normalized spacial score (nSPS) is 26.6. The van der Waals surface area contributed by atoms with E-state index in [2.05, 4.69) is 0 Å². The molecule has 4 unspecified atom stereocenters. The molecule has 0 saturated carbocycles. The number of amides is 2. The van der Waals surface area contributed by atoms with Crippen LogP contribution in [-0.2, 0) is 9.59 Å². The lowest BCUT2D eigenvalue weighted by Crippen LogP contribution is -2.44. The van der Waals surface area contributed by atoms with E-state index in [-0.39, 0.29) is 23.6 Å². The summed E-state index contributed by atoms with van der Waals surface area (Å²) in [5, 5.41) is 0.543. The standard InChI is InChI=1S/C24H21ClN2O3/c1-2-12-27-23(29)18-19(24(27)30)21(22(28)15-7-9-16(25)10-8-15)26-13-11-14-5-3-4-6-17(14)20(18)26/h3-11,13,18-21H,2,12H2,1H3. The van der Waals surface area contributed by atoms with Crippen LogP contribution in [0.3, 0.4) is 0 Å². The number of hydrogen-bond donors (Lipinski definition) is 0. The van der Waals surface area contributed by atoms with Gasteiger partial charge in [-0.1, -0.05) is 42.8 Å². The Morgan fingerprint density at radius 2 is 1.70 bits per heavy atom. The van der Waals surface area contributed by atoms with Gasteiger partial charge < -0.3 is 4.90 Å². The van der Waals surface area contributed by atoms with Gasteiger partial charge in [0, 0.05) is 23.3 Å². The Morgan fingerprint density at radius 1 is 1.00 bits per heavy atom. The van der Waals surface area contributed by atoms with E-state index in [1.54, 1.807) is 24.3 Å². The molecule has 2 fully saturated rings. The minimum Gasteiger partial charge on any atom is -0.358 e. The van der Waals surface area contributed by atoms with E-state index in [0.29, 0.717) is 23.6 Å². The number of carbonyl (C=O) groups excluding carboxylic acids is 3. The molecule has 30 heavy (non-hydrogen) atoms. The number of halogens is 1. The average Bonchev–Trinajstić information content (AvgIpc) is 3.22. The molecule has 0 aliphatic carbocycles. The summed E-state index contributed by atoms with van der Waals surface area (Å²) >= 11 is 5.99. The number of likely N-dealkylation sites (tertiary alicyclic amines) is 1. The van der Waals surface area contributed by atoms with Crippen LogP contribution in [0.25, 0.3) is 6.08 Å². The largest absolute Gasteiger partial charge is 0.358 e. The fourth-order valence-corrected chi connectivity index (χ4v) is 5.27. The number of fused-ring (bicyclic) bond motifs is 5. The SMILES string of the molecule is CCCN1C(=O)C2C(C1=O)C1c3ccccc3C=CN1C2C(=O)c1ccc(Cl)cc1. The summed E-state index contributed by atoms with van der Waals surface area (Å²) in [7, 11) is 0. The Balaban J connectivity index is 1.64. The molecule has 3 heterocycles. The number of benzene rings is 2. The zero-order valence-electron chi connectivity index (χ0n) is 16.5. The van der Waals surface area contributed by atoms with Crippen molar-refractivity contribution in [2.75, 3.05) is 6.54 Å². The summed E-state index contributed by atoms with van der Waals surface area (Å²) in [5.74, 6) is -1.81. The first kappa shape index (κ1) is 19.1. The Labute approximate surface area is 179 Å². The third kappa shape index (κ3) is 2.65. The summed E-state index contributed by atoms with van der Waals surface area (Å²) in [6.07, 6.45) is 4.51. The van der Waals surface area contributed by atoms with Gasteiger partial charge in [-0.15, -0.1) is 0 Å². The van der Waals surface area contributed by atoms with E-state index in [4.69, 9.17) is 11.6 Å². The molecular weight excluding hydrogens is 400 g/mol. The molecule has 3 aliphatic rings. The minimum atomic E-state index is -0.718.